The molecule has 0 bridgehead atoms. The average Bonchev–Trinajstić information content (AvgIpc) is 2.27. The van der Waals surface area contributed by atoms with E-state index in [1.54, 1.807) is 6.92 Å². The first-order valence-corrected chi connectivity index (χ1v) is 5.51. The lowest BCUT2D eigenvalue weighted by Crippen LogP contribution is -2.36. The smallest absolute Gasteiger partial charge is 0.322 e. The Labute approximate surface area is 101 Å². The Balaban J connectivity index is 2.65. The van der Waals surface area contributed by atoms with Crippen molar-refractivity contribution in [2.45, 2.75) is 25.9 Å². The van der Waals surface area contributed by atoms with Gasteiger partial charge in [-0.3, -0.25) is 10.1 Å². The Hall–Kier alpha value is -1.06. The molecule has 88 valence electrons. The van der Waals surface area contributed by atoms with Gasteiger partial charge < -0.3 is 4.74 Å². The molecule has 0 amide bonds. The highest BCUT2D eigenvalue weighted by atomic mass is 35.5. The van der Waals surface area contributed by atoms with Crippen LogP contribution in [0.3, 0.4) is 0 Å². The standard InChI is InChI=1S/C12H16ClNO2/c1-8(14-9(2)12(15)16-3)10-5-4-6-11(13)7-10/h4-9,14H,1-3H3/t8-,9?/m0/s1. The summed E-state index contributed by atoms with van der Waals surface area (Å²) in [6.07, 6.45) is 0. The molecule has 0 aliphatic rings. The molecule has 0 saturated carbocycles. The summed E-state index contributed by atoms with van der Waals surface area (Å²) in [7, 11) is 1.38. The molecule has 1 unspecified atom stereocenters. The summed E-state index contributed by atoms with van der Waals surface area (Å²) in [5, 5.41) is 3.83. The van der Waals surface area contributed by atoms with Crippen LogP contribution in [0.15, 0.2) is 24.3 Å². The van der Waals surface area contributed by atoms with Gasteiger partial charge in [-0.1, -0.05) is 23.7 Å². The van der Waals surface area contributed by atoms with Crippen LogP contribution in [0.25, 0.3) is 0 Å². The van der Waals surface area contributed by atoms with Crippen LogP contribution in [0.1, 0.15) is 25.5 Å². The van der Waals surface area contributed by atoms with Crippen molar-refractivity contribution in [2.75, 3.05) is 7.11 Å². The lowest BCUT2D eigenvalue weighted by molar-refractivity contribution is -0.142. The Morgan fingerprint density at radius 2 is 2.12 bits per heavy atom. The Morgan fingerprint density at radius 1 is 1.44 bits per heavy atom. The van der Waals surface area contributed by atoms with E-state index in [2.05, 4.69) is 10.1 Å². The van der Waals surface area contributed by atoms with E-state index in [4.69, 9.17) is 11.6 Å². The maximum absolute atomic E-state index is 11.2. The topological polar surface area (TPSA) is 38.3 Å². The number of benzene rings is 1. The number of rotatable bonds is 4. The molecule has 4 heteroatoms. The van der Waals surface area contributed by atoms with E-state index in [-0.39, 0.29) is 18.1 Å². The van der Waals surface area contributed by atoms with Gasteiger partial charge in [0.05, 0.1) is 7.11 Å². The van der Waals surface area contributed by atoms with E-state index in [1.807, 2.05) is 31.2 Å². The van der Waals surface area contributed by atoms with Crippen LogP contribution >= 0.6 is 11.6 Å². The fourth-order valence-corrected chi connectivity index (χ4v) is 1.69. The molecule has 1 aromatic carbocycles. The summed E-state index contributed by atoms with van der Waals surface area (Å²) >= 11 is 5.90. The molecule has 0 spiro atoms. The SMILES string of the molecule is COC(=O)C(C)N[C@@H](C)c1cccc(Cl)c1. The van der Waals surface area contributed by atoms with E-state index >= 15 is 0 Å². The molecule has 3 nitrogen and oxygen atoms in total. The zero-order valence-corrected chi connectivity index (χ0v) is 10.4. The van der Waals surface area contributed by atoms with Gasteiger partial charge in [-0.25, -0.2) is 0 Å². The van der Waals surface area contributed by atoms with Gasteiger partial charge in [-0.05, 0) is 31.5 Å². The predicted molar refractivity (Wildman–Crippen MR) is 64.5 cm³/mol. The van der Waals surface area contributed by atoms with Crippen molar-refractivity contribution in [1.29, 1.82) is 0 Å². The fraction of sp³-hybridized carbons (Fsp3) is 0.417. The lowest BCUT2D eigenvalue weighted by atomic mass is 10.1. The molecule has 0 fully saturated rings. The molecule has 0 heterocycles. The van der Waals surface area contributed by atoms with Crippen LogP contribution < -0.4 is 5.32 Å². The van der Waals surface area contributed by atoms with Crippen molar-refractivity contribution in [3.8, 4) is 0 Å². The highest BCUT2D eigenvalue weighted by Gasteiger charge is 2.16. The number of hydrogen-bond donors (Lipinski definition) is 1. The largest absolute Gasteiger partial charge is 0.468 e. The molecule has 1 N–H and O–H groups in total. The second-order valence-electron chi connectivity index (χ2n) is 3.69. The molecule has 0 aliphatic carbocycles. The number of carbonyl (C=O) groups excluding carboxylic acids is 1. The monoisotopic (exact) mass is 241 g/mol. The summed E-state index contributed by atoms with van der Waals surface area (Å²) in [6, 6.07) is 7.27. The summed E-state index contributed by atoms with van der Waals surface area (Å²) in [5.74, 6) is -0.270. The molecule has 1 aromatic rings. The van der Waals surface area contributed by atoms with E-state index in [0.29, 0.717) is 5.02 Å². The summed E-state index contributed by atoms with van der Waals surface area (Å²) in [5.41, 5.74) is 1.04. The van der Waals surface area contributed by atoms with Crippen LogP contribution in [0.4, 0.5) is 0 Å². The van der Waals surface area contributed by atoms with Crippen LogP contribution in [-0.2, 0) is 9.53 Å². The first-order chi connectivity index (χ1) is 7.54. The molecule has 2 atom stereocenters. The molecular formula is C12H16ClNO2. The van der Waals surface area contributed by atoms with Gasteiger partial charge >= 0.3 is 5.97 Å². The normalized spacial score (nSPS) is 14.2. The number of halogens is 1. The van der Waals surface area contributed by atoms with Crippen molar-refractivity contribution < 1.29 is 9.53 Å². The van der Waals surface area contributed by atoms with Gasteiger partial charge in [-0.2, -0.15) is 0 Å². The number of methoxy groups -OCH3 is 1. The minimum absolute atomic E-state index is 0.0489. The number of esters is 1. The van der Waals surface area contributed by atoms with Crippen LogP contribution in [-0.4, -0.2) is 19.1 Å². The van der Waals surface area contributed by atoms with E-state index < -0.39 is 0 Å². The van der Waals surface area contributed by atoms with E-state index in [1.165, 1.54) is 7.11 Å². The third kappa shape index (κ3) is 3.51. The Kier molecular flexibility index (Phi) is 4.77. The molecule has 0 radical (unpaired) electrons. The van der Waals surface area contributed by atoms with Crippen molar-refractivity contribution >= 4 is 17.6 Å². The fourth-order valence-electron chi connectivity index (χ4n) is 1.49. The van der Waals surface area contributed by atoms with Crippen molar-refractivity contribution in [3.63, 3.8) is 0 Å². The van der Waals surface area contributed by atoms with Gasteiger partial charge in [-0.15, -0.1) is 0 Å². The zero-order chi connectivity index (χ0) is 12.1. The minimum Gasteiger partial charge on any atom is -0.468 e. The van der Waals surface area contributed by atoms with Gasteiger partial charge in [0.2, 0.25) is 0 Å². The van der Waals surface area contributed by atoms with E-state index in [9.17, 15) is 4.79 Å². The summed E-state index contributed by atoms with van der Waals surface area (Å²) in [6.45, 7) is 3.75. The number of ether oxygens (including phenoxy) is 1. The number of nitrogens with one attached hydrogen (secondary N) is 1. The first-order valence-electron chi connectivity index (χ1n) is 5.14. The van der Waals surface area contributed by atoms with Crippen molar-refractivity contribution in [1.82, 2.24) is 5.32 Å². The quantitative estimate of drug-likeness (QED) is 0.824. The molecule has 0 saturated heterocycles. The van der Waals surface area contributed by atoms with Gasteiger partial charge in [0.15, 0.2) is 0 Å². The predicted octanol–water partition coefficient (Wildman–Crippen LogP) is 2.55. The van der Waals surface area contributed by atoms with Gasteiger partial charge in [0.25, 0.3) is 0 Å². The van der Waals surface area contributed by atoms with Crippen LogP contribution in [0, 0.1) is 0 Å². The third-order valence-corrected chi connectivity index (χ3v) is 2.64. The van der Waals surface area contributed by atoms with E-state index in [0.717, 1.165) is 5.56 Å². The maximum Gasteiger partial charge on any atom is 0.322 e. The van der Waals surface area contributed by atoms with Crippen LogP contribution in [0.5, 0.6) is 0 Å². The van der Waals surface area contributed by atoms with Crippen molar-refractivity contribution in [2.24, 2.45) is 0 Å². The molecule has 0 aromatic heterocycles. The maximum atomic E-state index is 11.2. The van der Waals surface area contributed by atoms with Gasteiger partial charge in [0, 0.05) is 11.1 Å². The Bertz CT molecular complexity index is 368. The summed E-state index contributed by atoms with van der Waals surface area (Å²) in [4.78, 5) is 11.2. The second-order valence-corrected chi connectivity index (χ2v) is 4.12. The third-order valence-electron chi connectivity index (χ3n) is 2.40. The highest BCUT2D eigenvalue weighted by molar-refractivity contribution is 6.30. The van der Waals surface area contributed by atoms with Gasteiger partial charge in [0.1, 0.15) is 6.04 Å². The number of hydrogen-bond acceptors (Lipinski definition) is 3. The number of carbonyl (C=O) groups is 1. The highest BCUT2D eigenvalue weighted by Crippen LogP contribution is 2.17. The molecule has 16 heavy (non-hydrogen) atoms. The minimum atomic E-state index is -0.334. The molecule has 0 aliphatic heterocycles. The van der Waals surface area contributed by atoms with Crippen LogP contribution in [0.2, 0.25) is 5.02 Å². The Morgan fingerprint density at radius 3 is 2.69 bits per heavy atom. The molecule has 1 rings (SSSR count). The average molecular weight is 242 g/mol. The van der Waals surface area contributed by atoms with Crippen molar-refractivity contribution in [3.05, 3.63) is 34.9 Å². The first kappa shape index (κ1) is 13.0. The second kappa shape index (κ2) is 5.87. The molecular weight excluding hydrogens is 226 g/mol. The lowest BCUT2D eigenvalue weighted by Gasteiger charge is -2.18. The summed E-state index contributed by atoms with van der Waals surface area (Å²) < 4.78 is 4.64. The zero-order valence-electron chi connectivity index (χ0n) is 9.66.